The minimum Gasteiger partial charge on any atom is -0.456 e. The van der Waals surface area contributed by atoms with Gasteiger partial charge in [0, 0.05) is 61.7 Å². The summed E-state index contributed by atoms with van der Waals surface area (Å²) in [6.07, 6.45) is 0. The summed E-state index contributed by atoms with van der Waals surface area (Å²) in [7, 11) is 0. The van der Waals surface area contributed by atoms with Gasteiger partial charge < -0.3 is 18.2 Å². The van der Waals surface area contributed by atoms with E-state index >= 15 is 0 Å². The average Bonchev–Trinajstić information content (AvgIpc) is 3.82. The maximum absolute atomic E-state index is 6.44. The Kier molecular flexibility index (Phi) is 5.22. The van der Waals surface area contributed by atoms with Crippen LogP contribution in [0.25, 0.3) is 77.2 Å². The molecule has 5 heteroatoms. The van der Waals surface area contributed by atoms with Crippen molar-refractivity contribution >= 4 is 82.8 Å². The van der Waals surface area contributed by atoms with Gasteiger partial charge in [-0.2, -0.15) is 0 Å². The third kappa shape index (κ3) is 3.79. The van der Waals surface area contributed by atoms with Crippen LogP contribution in [0.2, 0.25) is 0 Å². The molecule has 5 nitrogen and oxygen atoms in total. The number of oxazole rings is 1. The molecule has 216 valence electrons. The van der Waals surface area contributed by atoms with Gasteiger partial charge >= 0.3 is 0 Å². The second-order valence-electron chi connectivity index (χ2n) is 11.6. The summed E-state index contributed by atoms with van der Waals surface area (Å²) in [5, 5.41) is 6.44. The average molecular weight is 593 g/mol. The van der Waals surface area contributed by atoms with Crippen molar-refractivity contribution in [3.63, 3.8) is 0 Å². The Labute approximate surface area is 262 Å². The molecule has 10 aromatic rings. The van der Waals surface area contributed by atoms with Gasteiger partial charge in [0.1, 0.15) is 27.8 Å². The number of fused-ring (bicyclic) bond motifs is 9. The first-order chi connectivity index (χ1) is 22.8. The lowest BCUT2D eigenvalue weighted by molar-refractivity contribution is 0.623. The summed E-state index contributed by atoms with van der Waals surface area (Å²) < 4.78 is 19.1. The maximum Gasteiger partial charge on any atom is 0.227 e. The predicted molar refractivity (Wildman–Crippen MR) is 186 cm³/mol. The van der Waals surface area contributed by atoms with Crippen molar-refractivity contribution in [3.05, 3.63) is 146 Å². The number of furan rings is 2. The first-order valence-electron chi connectivity index (χ1n) is 15.3. The van der Waals surface area contributed by atoms with Gasteiger partial charge in [-0.15, -0.1) is 0 Å². The summed E-state index contributed by atoms with van der Waals surface area (Å²) in [5.41, 5.74) is 8.86. The smallest absolute Gasteiger partial charge is 0.227 e. The summed E-state index contributed by atoms with van der Waals surface area (Å²) in [5.74, 6) is 0.607. The van der Waals surface area contributed by atoms with Crippen LogP contribution in [-0.4, -0.2) is 4.98 Å². The lowest BCUT2D eigenvalue weighted by Gasteiger charge is -2.25. The molecule has 0 aliphatic carbocycles. The molecule has 0 aliphatic rings. The molecule has 0 saturated carbocycles. The Hall–Kier alpha value is -6.33. The summed E-state index contributed by atoms with van der Waals surface area (Å²) >= 11 is 0. The molecule has 0 spiro atoms. The van der Waals surface area contributed by atoms with Gasteiger partial charge in [-0.25, -0.2) is 4.98 Å². The van der Waals surface area contributed by atoms with Crippen molar-refractivity contribution in [2.45, 2.75) is 0 Å². The molecule has 0 atom stereocenters. The fourth-order valence-corrected chi connectivity index (χ4v) is 6.69. The number of rotatable bonds is 4. The first-order valence-corrected chi connectivity index (χ1v) is 15.3. The Balaban J connectivity index is 1.20. The van der Waals surface area contributed by atoms with E-state index in [0.29, 0.717) is 5.89 Å². The lowest BCUT2D eigenvalue weighted by Crippen LogP contribution is -2.09. The minimum absolute atomic E-state index is 0.607. The molecular formula is C41H24N2O3. The Morgan fingerprint density at radius 1 is 0.413 bits per heavy atom. The van der Waals surface area contributed by atoms with E-state index in [9.17, 15) is 0 Å². The molecule has 7 aromatic carbocycles. The first kappa shape index (κ1) is 25.0. The molecule has 10 rings (SSSR count). The van der Waals surface area contributed by atoms with E-state index in [2.05, 4.69) is 77.7 Å². The third-order valence-electron chi connectivity index (χ3n) is 8.88. The Bertz CT molecular complexity index is 2660. The summed E-state index contributed by atoms with van der Waals surface area (Å²) in [6, 6.07) is 49.8. The van der Waals surface area contributed by atoms with Crippen LogP contribution in [0.3, 0.4) is 0 Å². The summed E-state index contributed by atoms with van der Waals surface area (Å²) in [6.45, 7) is 0. The molecule has 0 bridgehead atoms. The van der Waals surface area contributed by atoms with Crippen molar-refractivity contribution in [3.8, 4) is 11.5 Å². The fraction of sp³-hybridized carbons (Fsp3) is 0. The maximum atomic E-state index is 6.44. The van der Waals surface area contributed by atoms with Gasteiger partial charge in [0.15, 0.2) is 5.58 Å². The van der Waals surface area contributed by atoms with Gasteiger partial charge in [0.05, 0.1) is 0 Å². The number of para-hydroxylation sites is 2. The predicted octanol–water partition coefficient (Wildman–Crippen LogP) is 11.9. The lowest BCUT2D eigenvalue weighted by atomic mass is 10.1. The van der Waals surface area contributed by atoms with Crippen molar-refractivity contribution in [2.75, 3.05) is 4.90 Å². The molecule has 0 amide bonds. The van der Waals surface area contributed by atoms with Crippen LogP contribution >= 0.6 is 0 Å². The van der Waals surface area contributed by atoms with Crippen molar-refractivity contribution in [1.82, 2.24) is 4.98 Å². The van der Waals surface area contributed by atoms with Crippen LogP contribution in [0.4, 0.5) is 17.1 Å². The van der Waals surface area contributed by atoms with Crippen LogP contribution in [0.1, 0.15) is 0 Å². The van der Waals surface area contributed by atoms with Crippen molar-refractivity contribution in [2.24, 2.45) is 0 Å². The highest BCUT2D eigenvalue weighted by Gasteiger charge is 2.19. The SMILES string of the molecule is c1ccc(-c2nc3ccc4ccc(N(c5ccc6c(c5)oc5ccccc56)c5ccc6c(c5)oc5ccccc56)cc4c3o2)cc1. The Morgan fingerprint density at radius 2 is 0.957 bits per heavy atom. The normalized spacial score (nSPS) is 11.9. The van der Waals surface area contributed by atoms with E-state index in [1.807, 2.05) is 72.8 Å². The van der Waals surface area contributed by atoms with Gasteiger partial charge in [-0.05, 0) is 72.1 Å². The second kappa shape index (κ2) is 9.58. The van der Waals surface area contributed by atoms with E-state index in [-0.39, 0.29) is 0 Å². The largest absolute Gasteiger partial charge is 0.456 e. The number of benzene rings is 7. The van der Waals surface area contributed by atoms with Gasteiger partial charge in [0.2, 0.25) is 5.89 Å². The van der Waals surface area contributed by atoms with E-state index in [0.717, 1.165) is 88.4 Å². The van der Waals surface area contributed by atoms with Crippen LogP contribution in [-0.2, 0) is 0 Å². The molecule has 0 unspecified atom stereocenters. The van der Waals surface area contributed by atoms with E-state index in [1.165, 1.54) is 0 Å². The monoisotopic (exact) mass is 592 g/mol. The summed E-state index contributed by atoms with van der Waals surface area (Å²) in [4.78, 5) is 7.07. The van der Waals surface area contributed by atoms with Crippen LogP contribution in [0.15, 0.2) is 159 Å². The zero-order valence-corrected chi connectivity index (χ0v) is 24.5. The third-order valence-corrected chi connectivity index (χ3v) is 8.88. The molecule has 0 saturated heterocycles. The highest BCUT2D eigenvalue weighted by molar-refractivity contribution is 6.09. The molecule has 0 fully saturated rings. The van der Waals surface area contributed by atoms with Gasteiger partial charge in [0.25, 0.3) is 0 Å². The van der Waals surface area contributed by atoms with Gasteiger partial charge in [-0.3, -0.25) is 0 Å². The van der Waals surface area contributed by atoms with Crippen LogP contribution in [0.5, 0.6) is 0 Å². The molecule has 46 heavy (non-hydrogen) atoms. The topological polar surface area (TPSA) is 55.6 Å². The van der Waals surface area contributed by atoms with E-state index < -0.39 is 0 Å². The molecule has 0 radical (unpaired) electrons. The highest BCUT2D eigenvalue weighted by Crippen LogP contribution is 2.42. The molecule has 3 heterocycles. The Morgan fingerprint density at radius 3 is 1.63 bits per heavy atom. The molecule has 3 aromatic heterocycles. The van der Waals surface area contributed by atoms with Crippen molar-refractivity contribution in [1.29, 1.82) is 0 Å². The zero-order valence-electron chi connectivity index (χ0n) is 24.5. The standard InChI is InChI=1S/C41H24N2O3/c1-2-8-26(9-3-1)41-42-35-21-15-25-14-16-27(22-34(25)40(35)46-41)43(28-17-19-32-30-10-4-6-12-36(30)44-38(32)23-28)29-18-20-33-31-11-5-7-13-37(31)45-39(33)24-29/h1-24H. The molecule has 0 aliphatic heterocycles. The number of hydrogen-bond acceptors (Lipinski definition) is 5. The quantitative estimate of drug-likeness (QED) is 0.203. The van der Waals surface area contributed by atoms with Crippen LogP contribution in [0, 0.1) is 0 Å². The minimum atomic E-state index is 0.607. The number of aromatic nitrogens is 1. The number of hydrogen-bond donors (Lipinski definition) is 0. The van der Waals surface area contributed by atoms with E-state index in [1.54, 1.807) is 0 Å². The van der Waals surface area contributed by atoms with Crippen LogP contribution < -0.4 is 4.90 Å². The molecule has 0 N–H and O–H groups in total. The number of nitrogens with zero attached hydrogens (tertiary/aromatic N) is 2. The fourth-order valence-electron chi connectivity index (χ4n) is 6.69. The van der Waals surface area contributed by atoms with Crippen molar-refractivity contribution < 1.29 is 13.3 Å². The highest BCUT2D eigenvalue weighted by atomic mass is 16.3. The van der Waals surface area contributed by atoms with Gasteiger partial charge in [-0.1, -0.05) is 66.7 Å². The van der Waals surface area contributed by atoms with E-state index in [4.69, 9.17) is 18.2 Å². The second-order valence-corrected chi connectivity index (χ2v) is 11.6. The zero-order chi connectivity index (χ0) is 30.2. The number of anilines is 3. The molecular weight excluding hydrogens is 568 g/mol.